The molecule has 0 aliphatic carbocycles. The summed E-state index contributed by atoms with van der Waals surface area (Å²) in [4.78, 5) is 27.4. The maximum Gasteiger partial charge on any atom is 0.248 e. The quantitative estimate of drug-likeness (QED) is 0.617. The molecule has 154 valence electrons. The van der Waals surface area contributed by atoms with Crippen LogP contribution in [0, 0.1) is 0 Å². The number of hydrogen-bond donors (Lipinski definition) is 2. The molecule has 2 heterocycles. The van der Waals surface area contributed by atoms with Gasteiger partial charge in [0.15, 0.2) is 0 Å². The van der Waals surface area contributed by atoms with Crippen molar-refractivity contribution in [3.63, 3.8) is 0 Å². The smallest absolute Gasteiger partial charge is 0.248 e. The highest BCUT2D eigenvalue weighted by Crippen LogP contribution is 2.21. The molecule has 3 N–H and O–H groups in total. The minimum atomic E-state index is -3.59. The molecule has 1 saturated heterocycles. The van der Waals surface area contributed by atoms with Crippen LogP contribution in [-0.2, 0) is 19.6 Å². The molecule has 0 radical (unpaired) electrons. The molecule has 2 amide bonds. The fraction of sp³-hybridized carbons (Fsp3) is 0.278. The average Bonchev–Trinajstić information content (AvgIpc) is 2.73. The molecule has 11 heteroatoms. The minimum absolute atomic E-state index is 0.0974. The van der Waals surface area contributed by atoms with Crippen molar-refractivity contribution < 1.29 is 22.7 Å². The van der Waals surface area contributed by atoms with E-state index >= 15 is 0 Å². The van der Waals surface area contributed by atoms with E-state index in [1.807, 2.05) is 0 Å². The van der Waals surface area contributed by atoms with Crippen LogP contribution >= 0.6 is 11.8 Å². The van der Waals surface area contributed by atoms with Crippen molar-refractivity contribution in [2.24, 2.45) is 5.73 Å². The van der Waals surface area contributed by atoms with Crippen molar-refractivity contribution in [3.8, 4) is 0 Å². The number of thioether (sulfide) groups is 1. The standard InChI is InChI=1S/C18H20N4O5S2/c19-18(24)13-1-3-14(4-2-13)21-16(23)12-28-17-6-5-15(11-20-17)29(25,26)22-7-9-27-10-8-22/h1-6,11H,7-10,12H2,(H2,19,24)(H,21,23). The average molecular weight is 437 g/mol. The zero-order valence-electron chi connectivity index (χ0n) is 15.4. The lowest BCUT2D eigenvalue weighted by Crippen LogP contribution is -2.40. The number of nitrogens with zero attached hydrogens (tertiary/aromatic N) is 2. The van der Waals surface area contributed by atoms with Crippen molar-refractivity contribution in [2.45, 2.75) is 9.92 Å². The van der Waals surface area contributed by atoms with E-state index in [1.54, 1.807) is 18.2 Å². The Morgan fingerprint density at radius 1 is 1.14 bits per heavy atom. The summed E-state index contributed by atoms with van der Waals surface area (Å²) in [6, 6.07) is 9.30. The number of sulfonamides is 1. The molecule has 2 aromatic rings. The van der Waals surface area contributed by atoms with Crippen LogP contribution in [0.25, 0.3) is 0 Å². The molecule has 0 bridgehead atoms. The number of hydrogen-bond acceptors (Lipinski definition) is 7. The summed E-state index contributed by atoms with van der Waals surface area (Å²) in [5.41, 5.74) is 6.07. The number of anilines is 1. The Kier molecular flexibility index (Phi) is 6.85. The van der Waals surface area contributed by atoms with E-state index in [1.165, 1.54) is 40.5 Å². The summed E-state index contributed by atoms with van der Waals surface area (Å²) < 4.78 is 31.7. The molecule has 0 saturated carbocycles. The molecule has 1 aliphatic heterocycles. The lowest BCUT2D eigenvalue weighted by Gasteiger charge is -2.25. The largest absolute Gasteiger partial charge is 0.379 e. The van der Waals surface area contributed by atoms with Crippen LogP contribution in [0.15, 0.2) is 52.5 Å². The van der Waals surface area contributed by atoms with Crippen molar-refractivity contribution >= 4 is 39.3 Å². The third-order valence-corrected chi connectivity index (χ3v) is 6.95. The number of benzene rings is 1. The van der Waals surface area contributed by atoms with E-state index in [0.29, 0.717) is 42.6 Å². The number of amides is 2. The van der Waals surface area contributed by atoms with E-state index in [-0.39, 0.29) is 16.6 Å². The van der Waals surface area contributed by atoms with Gasteiger partial charge in [0.1, 0.15) is 4.90 Å². The Bertz CT molecular complexity index is 972. The molecule has 9 nitrogen and oxygen atoms in total. The van der Waals surface area contributed by atoms with Gasteiger partial charge in [0.2, 0.25) is 21.8 Å². The first kappa shape index (κ1) is 21.2. The van der Waals surface area contributed by atoms with E-state index in [9.17, 15) is 18.0 Å². The summed E-state index contributed by atoms with van der Waals surface area (Å²) in [6.45, 7) is 1.39. The van der Waals surface area contributed by atoms with E-state index in [0.717, 1.165) is 0 Å². The van der Waals surface area contributed by atoms with Crippen molar-refractivity contribution in [2.75, 3.05) is 37.4 Å². The zero-order valence-corrected chi connectivity index (χ0v) is 17.0. The fourth-order valence-corrected chi connectivity index (χ4v) is 4.59. The first-order chi connectivity index (χ1) is 13.9. The lowest BCUT2D eigenvalue weighted by molar-refractivity contribution is -0.113. The Morgan fingerprint density at radius 2 is 1.83 bits per heavy atom. The second-order valence-electron chi connectivity index (χ2n) is 6.13. The first-order valence-electron chi connectivity index (χ1n) is 8.73. The Morgan fingerprint density at radius 3 is 2.41 bits per heavy atom. The number of nitrogens with two attached hydrogens (primary N) is 1. The summed E-state index contributed by atoms with van der Waals surface area (Å²) >= 11 is 1.19. The molecule has 0 atom stereocenters. The second kappa shape index (κ2) is 9.35. The Hall–Kier alpha value is -2.47. The van der Waals surface area contributed by atoms with Gasteiger partial charge in [-0.2, -0.15) is 4.31 Å². The maximum absolute atomic E-state index is 12.6. The third-order valence-electron chi connectivity index (χ3n) is 4.12. The van der Waals surface area contributed by atoms with Gasteiger partial charge >= 0.3 is 0 Å². The number of carbonyl (C=O) groups excluding carboxylic acids is 2. The number of ether oxygens (including phenoxy) is 1. The number of aromatic nitrogens is 1. The predicted octanol–water partition coefficient (Wildman–Crippen LogP) is 0.932. The molecule has 1 aliphatic rings. The van der Waals surface area contributed by atoms with Crippen LogP contribution in [0.3, 0.4) is 0 Å². The highest BCUT2D eigenvalue weighted by Gasteiger charge is 2.26. The molecule has 1 fully saturated rings. The molecule has 29 heavy (non-hydrogen) atoms. The molecule has 3 rings (SSSR count). The molecule has 1 aromatic carbocycles. The van der Waals surface area contributed by atoms with Crippen LogP contribution in [0.5, 0.6) is 0 Å². The van der Waals surface area contributed by atoms with Gasteiger partial charge < -0.3 is 15.8 Å². The third kappa shape index (κ3) is 5.54. The van der Waals surface area contributed by atoms with Crippen LogP contribution < -0.4 is 11.1 Å². The normalized spacial score (nSPS) is 15.0. The monoisotopic (exact) mass is 436 g/mol. The molecule has 0 spiro atoms. The van der Waals surface area contributed by atoms with Gasteiger partial charge in [0.25, 0.3) is 0 Å². The van der Waals surface area contributed by atoms with E-state index in [2.05, 4.69) is 10.3 Å². The highest BCUT2D eigenvalue weighted by atomic mass is 32.2. The van der Waals surface area contributed by atoms with Gasteiger partial charge in [-0.1, -0.05) is 11.8 Å². The summed E-state index contributed by atoms with van der Waals surface area (Å²) in [5.74, 6) is -0.697. The summed E-state index contributed by atoms with van der Waals surface area (Å²) in [5, 5.41) is 3.24. The van der Waals surface area contributed by atoms with E-state index in [4.69, 9.17) is 10.5 Å². The highest BCUT2D eigenvalue weighted by molar-refractivity contribution is 7.99. The van der Waals surface area contributed by atoms with Gasteiger partial charge in [-0.05, 0) is 36.4 Å². The van der Waals surface area contributed by atoms with Gasteiger partial charge in [0, 0.05) is 30.5 Å². The number of rotatable bonds is 7. The van der Waals surface area contributed by atoms with Crippen molar-refractivity contribution in [3.05, 3.63) is 48.2 Å². The zero-order chi connectivity index (χ0) is 20.9. The number of nitrogens with one attached hydrogen (secondary N) is 1. The Balaban J connectivity index is 1.54. The van der Waals surface area contributed by atoms with Gasteiger partial charge in [0.05, 0.1) is 24.0 Å². The summed E-state index contributed by atoms with van der Waals surface area (Å²) in [6.07, 6.45) is 1.30. The molecule has 0 unspecified atom stereocenters. The van der Waals surface area contributed by atoms with Crippen LogP contribution in [0.1, 0.15) is 10.4 Å². The first-order valence-corrected chi connectivity index (χ1v) is 11.2. The number of primary amides is 1. The molecule has 1 aromatic heterocycles. The lowest BCUT2D eigenvalue weighted by atomic mass is 10.2. The van der Waals surface area contributed by atoms with Crippen molar-refractivity contribution in [1.29, 1.82) is 0 Å². The van der Waals surface area contributed by atoms with Crippen LogP contribution in [-0.4, -0.2) is 61.6 Å². The summed E-state index contributed by atoms with van der Waals surface area (Å²) in [7, 11) is -3.59. The maximum atomic E-state index is 12.6. The fourth-order valence-electron chi connectivity index (χ4n) is 2.60. The van der Waals surface area contributed by atoms with Crippen LogP contribution in [0.4, 0.5) is 5.69 Å². The Labute approximate surface area is 172 Å². The number of carbonyl (C=O) groups is 2. The van der Waals surface area contributed by atoms with Gasteiger partial charge in [-0.15, -0.1) is 0 Å². The van der Waals surface area contributed by atoms with Gasteiger partial charge in [-0.25, -0.2) is 13.4 Å². The number of pyridine rings is 1. The van der Waals surface area contributed by atoms with Crippen molar-refractivity contribution in [1.82, 2.24) is 9.29 Å². The topological polar surface area (TPSA) is 132 Å². The van der Waals surface area contributed by atoms with Crippen LogP contribution in [0.2, 0.25) is 0 Å². The van der Waals surface area contributed by atoms with E-state index < -0.39 is 15.9 Å². The SMILES string of the molecule is NC(=O)c1ccc(NC(=O)CSc2ccc(S(=O)(=O)N3CCOCC3)cn2)cc1. The molecular formula is C18H20N4O5S2. The molecular weight excluding hydrogens is 416 g/mol. The van der Waals surface area contributed by atoms with Gasteiger partial charge in [-0.3, -0.25) is 9.59 Å². The minimum Gasteiger partial charge on any atom is -0.379 e. The second-order valence-corrected chi connectivity index (χ2v) is 9.06. The predicted molar refractivity (Wildman–Crippen MR) is 108 cm³/mol. The number of morpholine rings is 1.